The molecule has 8 atom stereocenters. The molecule has 0 spiro atoms. The van der Waals surface area contributed by atoms with E-state index in [1.807, 2.05) is 13.8 Å². The maximum atomic E-state index is 14.7. The Morgan fingerprint density at radius 3 is 2.39 bits per heavy atom. The molecule has 0 radical (unpaired) electrons. The van der Waals surface area contributed by atoms with Crippen LogP contribution in [0, 0.1) is 40.4 Å². The second-order valence-electron chi connectivity index (χ2n) is 13.1. The Kier molecular flexibility index (Phi) is 5.54. The largest absolute Gasteiger partial charge is 0.390 e. The molecular formula is C27H44F2O2. The standard InChI is InChI=1S/C27H44F2O2/c1-17(15-27(28,29)23(2,3)30)20-9-10-21-19-8-7-18-16-24(4,31)13-14-25(18,5)22(19)11-12-26(20,21)6/h7,17,19-22,30-31H,8-16H2,1-6H3/t17-,19+,20-,21+,22+,24+,25+,26-/m1/s1. The summed E-state index contributed by atoms with van der Waals surface area (Å²) in [6, 6.07) is 0. The van der Waals surface area contributed by atoms with E-state index in [0.717, 1.165) is 44.9 Å². The lowest BCUT2D eigenvalue weighted by molar-refractivity contribution is -0.177. The maximum Gasteiger partial charge on any atom is 0.275 e. The predicted molar refractivity (Wildman–Crippen MR) is 121 cm³/mol. The summed E-state index contributed by atoms with van der Waals surface area (Å²) in [6.45, 7) is 11.3. The van der Waals surface area contributed by atoms with Gasteiger partial charge in [-0.05, 0) is 113 Å². The van der Waals surface area contributed by atoms with E-state index in [2.05, 4.69) is 19.9 Å². The molecule has 0 aromatic carbocycles. The van der Waals surface area contributed by atoms with E-state index < -0.39 is 17.1 Å². The zero-order chi connectivity index (χ0) is 23.0. The van der Waals surface area contributed by atoms with Crippen molar-refractivity contribution < 1.29 is 19.0 Å². The van der Waals surface area contributed by atoms with Crippen LogP contribution in [0.5, 0.6) is 0 Å². The number of fused-ring (bicyclic) bond motifs is 5. The van der Waals surface area contributed by atoms with Crippen LogP contribution in [0.1, 0.15) is 99.3 Å². The van der Waals surface area contributed by atoms with Crippen molar-refractivity contribution in [1.29, 1.82) is 0 Å². The minimum absolute atomic E-state index is 0.0944. The van der Waals surface area contributed by atoms with E-state index in [4.69, 9.17) is 0 Å². The van der Waals surface area contributed by atoms with Crippen LogP contribution in [0.4, 0.5) is 8.78 Å². The molecule has 4 aliphatic carbocycles. The van der Waals surface area contributed by atoms with Crippen LogP contribution < -0.4 is 0 Å². The lowest BCUT2D eigenvalue weighted by Gasteiger charge is -2.59. The summed E-state index contributed by atoms with van der Waals surface area (Å²) < 4.78 is 29.3. The van der Waals surface area contributed by atoms with Crippen molar-refractivity contribution in [1.82, 2.24) is 0 Å². The quantitative estimate of drug-likeness (QED) is 0.477. The lowest BCUT2D eigenvalue weighted by atomic mass is 9.46. The molecule has 0 amide bonds. The average Bonchev–Trinajstić information content (AvgIpc) is 2.98. The molecule has 0 bridgehead atoms. The molecule has 0 aliphatic heterocycles. The Bertz CT molecular complexity index is 736. The van der Waals surface area contributed by atoms with Crippen LogP contribution in [0.3, 0.4) is 0 Å². The van der Waals surface area contributed by atoms with Gasteiger partial charge in [0.05, 0.1) is 5.60 Å². The Hall–Kier alpha value is -0.480. The molecule has 4 heteroatoms. The van der Waals surface area contributed by atoms with Crippen LogP contribution in [0.25, 0.3) is 0 Å². The zero-order valence-electron chi connectivity index (χ0n) is 20.5. The first-order valence-electron chi connectivity index (χ1n) is 12.6. The van der Waals surface area contributed by atoms with Crippen LogP contribution in [0.2, 0.25) is 0 Å². The van der Waals surface area contributed by atoms with Gasteiger partial charge in [-0.2, -0.15) is 0 Å². The molecule has 4 aliphatic rings. The van der Waals surface area contributed by atoms with Crippen molar-refractivity contribution >= 4 is 0 Å². The molecule has 178 valence electrons. The maximum absolute atomic E-state index is 14.7. The van der Waals surface area contributed by atoms with Gasteiger partial charge in [0.15, 0.2) is 0 Å². The molecule has 0 heterocycles. The molecule has 2 N–H and O–H groups in total. The molecule has 0 unspecified atom stereocenters. The van der Waals surface area contributed by atoms with Crippen LogP contribution in [-0.4, -0.2) is 27.3 Å². The van der Waals surface area contributed by atoms with Crippen molar-refractivity contribution in [3.63, 3.8) is 0 Å². The highest BCUT2D eigenvalue weighted by Crippen LogP contribution is 2.68. The summed E-state index contributed by atoms with van der Waals surface area (Å²) in [7, 11) is 0. The summed E-state index contributed by atoms with van der Waals surface area (Å²) in [4.78, 5) is 0. The van der Waals surface area contributed by atoms with Crippen LogP contribution in [-0.2, 0) is 0 Å². The van der Waals surface area contributed by atoms with Crippen molar-refractivity contribution in [3.8, 4) is 0 Å². The molecule has 31 heavy (non-hydrogen) atoms. The zero-order valence-corrected chi connectivity index (χ0v) is 20.5. The van der Waals surface area contributed by atoms with Gasteiger partial charge in [-0.15, -0.1) is 0 Å². The van der Waals surface area contributed by atoms with Gasteiger partial charge in [0.1, 0.15) is 5.60 Å². The number of halogens is 2. The fourth-order valence-electron chi connectivity index (χ4n) is 8.58. The number of hydrogen-bond donors (Lipinski definition) is 2. The van der Waals surface area contributed by atoms with Gasteiger partial charge < -0.3 is 10.2 Å². The molecule has 0 aromatic rings. The molecule has 0 saturated heterocycles. The minimum atomic E-state index is -3.06. The Morgan fingerprint density at radius 2 is 1.74 bits per heavy atom. The molecule has 4 rings (SSSR count). The third kappa shape index (κ3) is 3.72. The first kappa shape index (κ1) is 23.7. The minimum Gasteiger partial charge on any atom is -0.390 e. The van der Waals surface area contributed by atoms with E-state index in [-0.39, 0.29) is 23.2 Å². The van der Waals surface area contributed by atoms with Gasteiger partial charge in [0.2, 0.25) is 0 Å². The summed E-state index contributed by atoms with van der Waals surface area (Å²) in [6.07, 6.45) is 10.5. The molecule has 0 aromatic heterocycles. The summed E-state index contributed by atoms with van der Waals surface area (Å²) in [5.74, 6) is -0.949. The van der Waals surface area contributed by atoms with Gasteiger partial charge in [0, 0.05) is 6.42 Å². The number of allylic oxidation sites excluding steroid dienone is 1. The Morgan fingerprint density at radius 1 is 1.06 bits per heavy atom. The smallest absolute Gasteiger partial charge is 0.275 e. The predicted octanol–water partition coefficient (Wildman–Crippen LogP) is 6.75. The number of aliphatic hydroxyl groups is 2. The summed E-state index contributed by atoms with van der Waals surface area (Å²) in [5.41, 5.74) is -0.746. The Labute approximate surface area is 187 Å². The SMILES string of the molecule is C[C@H](CC(F)(F)C(C)(C)O)[C@H]1CC[C@H]2[C@@H]3CC=C4C[C@@](C)(O)CC[C@]4(C)[C@H]3CC[C@]12C. The second-order valence-corrected chi connectivity index (χ2v) is 13.1. The summed E-state index contributed by atoms with van der Waals surface area (Å²) in [5, 5.41) is 20.6. The van der Waals surface area contributed by atoms with E-state index in [0.29, 0.717) is 23.7 Å². The Balaban J connectivity index is 1.55. The average molecular weight is 439 g/mol. The number of rotatable bonds is 4. The monoisotopic (exact) mass is 438 g/mol. The van der Waals surface area contributed by atoms with Gasteiger partial charge in [-0.1, -0.05) is 32.4 Å². The van der Waals surface area contributed by atoms with E-state index in [1.54, 1.807) is 0 Å². The number of alkyl halides is 2. The highest BCUT2D eigenvalue weighted by atomic mass is 19.3. The number of hydrogen-bond acceptors (Lipinski definition) is 2. The second kappa shape index (κ2) is 7.26. The van der Waals surface area contributed by atoms with Gasteiger partial charge in [-0.25, -0.2) is 8.78 Å². The first-order chi connectivity index (χ1) is 14.1. The molecule has 3 saturated carbocycles. The molecule has 3 fully saturated rings. The molecule has 2 nitrogen and oxygen atoms in total. The third-order valence-corrected chi connectivity index (χ3v) is 10.6. The van der Waals surface area contributed by atoms with Crippen molar-refractivity contribution in [2.24, 2.45) is 40.4 Å². The van der Waals surface area contributed by atoms with Crippen LogP contribution in [0.15, 0.2) is 11.6 Å². The topological polar surface area (TPSA) is 40.5 Å². The third-order valence-electron chi connectivity index (χ3n) is 10.6. The van der Waals surface area contributed by atoms with E-state index in [1.165, 1.54) is 25.8 Å². The van der Waals surface area contributed by atoms with Crippen molar-refractivity contribution in [2.75, 3.05) is 0 Å². The van der Waals surface area contributed by atoms with Gasteiger partial charge in [0.25, 0.3) is 5.92 Å². The van der Waals surface area contributed by atoms with Gasteiger partial charge >= 0.3 is 0 Å². The van der Waals surface area contributed by atoms with E-state index >= 15 is 0 Å². The molecular weight excluding hydrogens is 394 g/mol. The lowest BCUT2D eigenvalue weighted by Crippen LogP contribution is -2.52. The van der Waals surface area contributed by atoms with Crippen LogP contribution >= 0.6 is 0 Å². The highest BCUT2D eigenvalue weighted by molar-refractivity contribution is 5.26. The highest BCUT2D eigenvalue weighted by Gasteiger charge is 2.60. The fraction of sp³-hybridized carbons (Fsp3) is 0.926. The van der Waals surface area contributed by atoms with Crippen molar-refractivity contribution in [2.45, 2.75) is 116 Å². The first-order valence-corrected chi connectivity index (χ1v) is 12.6. The van der Waals surface area contributed by atoms with E-state index in [9.17, 15) is 19.0 Å². The fourth-order valence-corrected chi connectivity index (χ4v) is 8.58. The normalized spacial score (nSPS) is 46.6. The summed E-state index contributed by atoms with van der Waals surface area (Å²) >= 11 is 0. The van der Waals surface area contributed by atoms with Crippen molar-refractivity contribution in [3.05, 3.63) is 11.6 Å². The van der Waals surface area contributed by atoms with Gasteiger partial charge in [-0.3, -0.25) is 0 Å².